The highest BCUT2D eigenvalue weighted by molar-refractivity contribution is 5.52. The molecular weight excluding hydrogens is 164 g/mol. The number of anilines is 2. The summed E-state index contributed by atoms with van der Waals surface area (Å²) in [6.45, 7) is 5.80. The molecule has 1 aromatic rings. The van der Waals surface area contributed by atoms with Crippen molar-refractivity contribution in [3.05, 3.63) is 24.3 Å². The van der Waals surface area contributed by atoms with Crippen LogP contribution in [0.5, 0.6) is 0 Å². The van der Waals surface area contributed by atoms with Gasteiger partial charge in [0.15, 0.2) is 0 Å². The van der Waals surface area contributed by atoms with Crippen LogP contribution in [0.2, 0.25) is 0 Å². The smallest absolute Gasteiger partial charge is 0.0641 e. The molecule has 0 aliphatic carbocycles. The predicted molar refractivity (Wildman–Crippen MR) is 54.9 cm³/mol. The summed E-state index contributed by atoms with van der Waals surface area (Å²) in [7, 11) is 0. The third-order valence-electron chi connectivity index (χ3n) is 1.77. The third kappa shape index (κ3) is 2.36. The van der Waals surface area contributed by atoms with Crippen LogP contribution in [0.4, 0.5) is 11.4 Å². The van der Waals surface area contributed by atoms with Gasteiger partial charge in [0.2, 0.25) is 0 Å². The van der Waals surface area contributed by atoms with Gasteiger partial charge in [-0.15, -0.1) is 0 Å². The molecular formula is C10H16N2O. The van der Waals surface area contributed by atoms with Crippen LogP contribution < -0.4 is 10.8 Å². The van der Waals surface area contributed by atoms with E-state index in [0.717, 1.165) is 5.69 Å². The molecule has 3 N–H and O–H groups in total. The molecule has 13 heavy (non-hydrogen) atoms. The van der Waals surface area contributed by atoms with Gasteiger partial charge in [-0.05, 0) is 45.0 Å². The van der Waals surface area contributed by atoms with Crippen molar-refractivity contribution >= 4 is 11.4 Å². The molecule has 0 amide bonds. The lowest BCUT2D eigenvalue weighted by molar-refractivity contribution is 0.181. The maximum absolute atomic E-state index is 9.74. The molecule has 3 nitrogen and oxygen atoms in total. The van der Waals surface area contributed by atoms with Crippen LogP contribution in [0.3, 0.4) is 0 Å². The first-order valence-corrected chi connectivity index (χ1v) is 4.26. The summed E-state index contributed by atoms with van der Waals surface area (Å²) >= 11 is 0. The minimum Gasteiger partial charge on any atom is -0.399 e. The van der Waals surface area contributed by atoms with Gasteiger partial charge in [-0.25, -0.2) is 0 Å². The molecule has 0 saturated carbocycles. The zero-order valence-corrected chi connectivity index (χ0v) is 8.28. The van der Waals surface area contributed by atoms with E-state index in [0.29, 0.717) is 5.69 Å². The van der Waals surface area contributed by atoms with E-state index in [9.17, 15) is 5.21 Å². The van der Waals surface area contributed by atoms with Crippen molar-refractivity contribution in [1.82, 2.24) is 0 Å². The van der Waals surface area contributed by atoms with Crippen LogP contribution in [0.15, 0.2) is 24.3 Å². The molecule has 3 heteroatoms. The number of hydrogen-bond acceptors (Lipinski definition) is 3. The quantitative estimate of drug-likeness (QED) is 0.515. The van der Waals surface area contributed by atoms with Crippen molar-refractivity contribution in [2.24, 2.45) is 0 Å². The molecule has 1 rings (SSSR count). The zero-order chi connectivity index (χ0) is 10.1. The predicted octanol–water partition coefficient (Wildman–Crippen LogP) is 2.26. The summed E-state index contributed by atoms with van der Waals surface area (Å²) in [6.07, 6.45) is 0. The Balaban J connectivity index is 2.90. The van der Waals surface area contributed by atoms with Gasteiger partial charge in [0.05, 0.1) is 11.2 Å². The normalized spacial score (nSPS) is 11.4. The second-order valence-electron chi connectivity index (χ2n) is 4.07. The van der Waals surface area contributed by atoms with E-state index < -0.39 is 0 Å². The lowest BCUT2D eigenvalue weighted by Gasteiger charge is -2.31. The third-order valence-corrected chi connectivity index (χ3v) is 1.77. The Labute approximate surface area is 78.7 Å². The molecule has 72 valence electrons. The molecule has 0 aliphatic heterocycles. The van der Waals surface area contributed by atoms with Crippen molar-refractivity contribution in [3.8, 4) is 0 Å². The molecule has 0 saturated heterocycles. The highest BCUT2D eigenvalue weighted by Gasteiger charge is 2.19. The summed E-state index contributed by atoms with van der Waals surface area (Å²) in [4.78, 5) is 0. The second-order valence-corrected chi connectivity index (χ2v) is 4.07. The summed E-state index contributed by atoms with van der Waals surface area (Å²) < 4.78 is 0. The molecule has 0 aromatic heterocycles. The SMILES string of the molecule is CC(C)(C)N(O)c1ccc(N)cc1. The molecule has 0 unspecified atom stereocenters. The molecule has 1 aromatic carbocycles. The van der Waals surface area contributed by atoms with E-state index >= 15 is 0 Å². The molecule has 0 radical (unpaired) electrons. The summed E-state index contributed by atoms with van der Waals surface area (Å²) in [6, 6.07) is 7.12. The number of nitrogens with zero attached hydrogens (tertiary/aromatic N) is 1. The van der Waals surface area contributed by atoms with Gasteiger partial charge in [-0.1, -0.05) is 0 Å². The van der Waals surface area contributed by atoms with Crippen LogP contribution in [-0.4, -0.2) is 10.7 Å². The molecule has 0 aliphatic rings. The Morgan fingerprint density at radius 1 is 1.15 bits per heavy atom. The van der Waals surface area contributed by atoms with Gasteiger partial charge < -0.3 is 5.73 Å². The molecule has 0 fully saturated rings. The fraction of sp³-hybridized carbons (Fsp3) is 0.400. The lowest BCUT2D eigenvalue weighted by Crippen LogP contribution is -2.38. The highest BCUT2D eigenvalue weighted by atomic mass is 16.5. The van der Waals surface area contributed by atoms with Crippen molar-refractivity contribution < 1.29 is 5.21 Å². The van der Waals surface area contributed by atoms with Gasteiger partial charge in [0.1, 0.15) is 0 Å². The van der Waals surface area contributed by atoms with Crippen molar-refractivity contribution in [2.75, 3.05) is 10.8 Å². The van der Waals surface area contributed by atoms with E-state index in [1.54, 1.807) is 24.3 Å². The van der Waals surface area contributed by atoms with Gasteiger partial charge >= 0.3 is 0 Å². The molecule has 0 spiro atoms. The fourth-order valence-corrected chi connectivity index (χ4v) is 1.00. The monoisotopic (exact) mass is 180 g/mol. The van der Waals surface area contributed by atoms with Crippen LogP contribution in [0.25, 0.3) is 0 Å². The lowest BCUT2D eigenvalue weighted by atomic mass is 10.1. The Bertz CT molecular complexity index is 274. The average molecular weight is 180 g/mol. The van der Waals surface area contributed by atoms with Crippen LogP contribution >= 0.6 is 0 Å². The summed E-state index contributed by atoms with van der Waals surface area (Å²) in [5.74, 6) is 0. The van der Waals surface area contributed by atoms with Gasteiger partial charge in [-0.3, -0.25) is 10.3 Å². The van der Waals surface area contributed by atoms with Crippen molar-refractivity contribution in [3.63, 3.8) is 0 Å². The minimum absolute atomic E-state index is 0.296. The summed E-state index contributed by atoms with van der Waals surface area (Å²) in [5.41, 5.74) is 6.69. The number of hydrogen-bond donors (Lipinski definition) is 2. The summed E-state index contributed by atoms with van der Waals surface area (Å²) in [5, 5.41) is 11.0. The van der Waals surface area contributed by atoms with E-state index in [2.05, 4.69) is 0 Å². The number of nitrogens with two attached hydrogens (primary N) is 1. The Morgan fingerprint density at radius 2 is 1.62 bits per heavy atom. The Kier molecular flexibility index (Phi) is 2.48. The number of nitrogen functional groups attached to an aromatic ring is 1. The first-order chi connectivity index (χ1) is 5.91. The van der Waals surface area contributed by atoms with E-state index in [-0.39, 0.29) is 5.54 Å². The van der Waals surface area contributed by atoms with Gasteiger partial charge in [-0.2, -0.15) is 0 Å². The minimum atomic E-state index is -0.296. The zero-order valence-electron chi connectivity index (χ0n) is 8.28. The highest BCUT2D eigenvalue weighted by Crippen LogP contribution is 2.21. The fourth-order valence-electron chi connectivity index (χ4n) is 1.00. The maximum atomic E-state index is 9.74. The topological polar surface area (TPSA) is 49.5 Å². The van der Waals surface area contributed by atoms with Crippen LogP contribution in [0, 0.1) is 0 Å². The first-order valence-electron chi connectivity index (χ1n) is 4.26. The number of hydroxylamine groups is 1. The average Bonchev–Trinajstić information content (AvgIpc) is 2.03. The Hall–Kier alpha value is -1.22. The molecule has 0 atom stereocenters. The number of benzene rings is 1. The van der Waals surface area contributed by atoms with Gasteiger partial charge in [0, 0.05) is 5.69 Å². The standard InChI is InChI=1S/C10H16N2O/c1-10(2,3)12(13)9-6-4-8(11)5-7-9/h4-7,13H,11H2,1-3H3. The van der Waals surface area contributed by atoms with Crippen LogP contribution in [0.1, 0.15) is 20.8 Å². The van der Waals surface area contributed by atoms with Gasteiger partial charge in [0.25, 0.3) is 0 Å². The molecule has 0 bridgehead atoms. The maximum Gasteiger partial charge on any atom is 0.0641 e. The van der Waals surface area contributed by atoms with Crippen molar-refractivity contribution in [2.45, 2.75) is 26.3 Å². The number of rotatable bonds is 1. The van der Waals surface area contributed by atoms with E-state index in [4.69, 9.17) is 5.73 Å². The largest absolute Gasteiger partial charge is 0.399 e. The van der Waals surface area contributed by atoms with E-state index in [1.165, 1.54) is 5.06 Å². The van der Waals surface area contributed by atoms with E-state index in [1.807, 2.05) is 20.8 Å². The van der Waals surface area contributed by atoms with Crippen molar-refractivity contribution in [1.29, 1.82) is 0 Å². The van der Waals surface area contributed by atoms with Crippen LogP contribution in [-0.2, 0) is 0 Å². The Morgan fingerprint density at radius 3 is 2.00 bits per heavy atom. The second kappa shape index (κ2) is 3.26. The molecule has 0 heterocycles. The first kappa shape index (κ1) is 9.86.